The van der Waals surface area contributed by atoms with Gasteiger partial charge in [0.25, 0.3) is 5.91 Å². The lowest BCUT2D eigenvalue weighted by atomic mass is 10.0. The van der Waals surface area contributed by atoms with Gasteiger partial charge in [-0.15, -0.1) is 13.2 Å². The molecule has 1 N–H and O–H groups in total. The van der Waals surface area contributed by atoms with E-state index in [4.69, 9.17) is 4.74 Å². The number of methoxy groups -OCH3 is 1. The Morgan fingerprint density at radius 2 is 2.00 bits per heavy atom. The van der Waals surface area contributed by atoms with E-state index in [9.17, 15) is 4.79 Å². The van der Waals surface area contributed by atoms with E-state index in [1.165, 1.54) is 0 Å². The van der Waals surface area contributed by atoms with Gasteiger partial charge in [-0.25, -0.2) is 4.98 Å². The lowest BCUT2D eigenvalue weighted by Crippen LogP contribution is -2.25. The number of pyridine rings is 1. The van der Waals surface area contributed by atoms with Gasteiger partial charge in [0.15, 0.2) is 0 Å². The first-order valence-corrected chi connectivity index (χ1v) is 8.72. The maximum Gasteiger partial charge on any atom is 0.251 e. The molecule has 0 aliphatic carbocycles. The smallest absolute Gasteiger partial charge is 0.251 e. The molecule has 1 aromatic carbocycles. The summed E-state index contributed by atoms with van der Waals surface area (Å²) in [6.45, 7) is 9.85. The molecule has 0 fully saturated rings. The van der Waals surface area contributed by atoms with Crippen molar-refractivity contribution < 1.29 is 9.53 Å². The van der Waals surface area contributed by atoms with Gasteiger partial charge in [-0.2, -0.15) is 0 Å². The highest BCUT2D eigenvalue weighted by molar-refractivity contribution is 5.95. The predicted molar refractivity (Wildman–Crippen MR) is 106 cm³/mol. The largest absolute Gasteiger partial charge is 0.481 e. The Balaban J connectivity index is 2.24. The van der Waals surface area contributed by atoms with Crippen LogP contribution in [0.2, 0.25) is 0 Å². The molecule has 0 unspecified atom stereocenters. The van der Waals surface area contributed by atoms with Crippen molar-refractivity contribution in [2.45, 2.75) is 32.7 Å². The number of amides is 1. The monoisotopic (exact) mass is 350 g/mol. The van der Waals surface area contributed by atoms with Crippen LogP contribution in [0.25, 0.3) is 0 Å². The van der Waals surface area contributed by atoms with E-state index in [2.05, 4.69) is 23.5 Å². The number of nitrogens with zero attached hydrogens (tertiary/aromatic N) is 1. The number of benzene rings is 1. The number of allylic oxidation sites excluding steroid dienone is 2. The van der Waals surface area contributed by atoms with Gasteiger partial charge in [0, 0.05) is 23.4 Å². The van der Waals surface area contributed by atoms with Gasteiger partial charge >= 0.3 is 0 Å². The highest BCUT2D eigenvalue weighted by Gasteiger charge is 2.15. The van der Waals surface area contributed by atoms with Gasteiger partial charge in [0.05, 0.1) is 7.11 Å². The Morgan fingerprint density at radius 3 is 2.69 bits per heavy atom. The molecule has 2 aromatic rings. The predicted octanol–water partition coefficient (Wildman–Crippen LogP) is 4.18. The Kier molecular flexibility index (Phi) is 7.15. The van der Waals surface area contributed by atoms with Crippen molar-refractivity contribution in [2.24, 2.45) is 0 Å². The minimum atomic E-state index is -0.111. The average Bonchev–Trinajstić information content (AvgIpc) is 2.65. The van der Waals surface area contributed by atoms with Crippen molar-refractivity contribution in [2.75, 3.05) is 7.11 Å². The van der Waals surface area contributed by atoms with Crippen molar-refractivity contribution in [1.82, 2.24) is 10.3 Å². The molecule has 0 aliphatic heterocycles. The minimum Gasteiger partial charge on any atom is -0.481 e. The molecular weight excluding hydrogens is 324 g/mol. The third-order valence-corrected chi connectivity index (χ3v) is 4.17. The fourth-order valence-electron chi connectivity index (χ4n) is 2.91. The summed E-state index contributed by atoms with van der Waals surface area (Å²) >= 11 is 0. The number of rotatable bonds is 9. The van der Waals surface area contributed by atoms with Gasteiger partial charge in [-0.1, -0.05) is 30.4 Å². The molecule has 2 rings (SSSR count). The molecule has 0 saturated carbocycles. The molecule has 0 bridgehead atoms. The number of nitrogens with one attached hydrogen (secondary N) is 1. The zero-order valence-electron chi connectivity index (χ0n) is 15.5. The third kappa shape index (κ3) is 4.82. The highest BCUT2D eigenvalue weighted by Crippen LogP contribution is 2.23. The number of carbonyl (C=O) groups is 1. The molecule has 0 spiro atoms. The Hall–Kier alpha value is -2.88. The van der Waals surface area contributed by atoms with Crippen molar-refractivity contribution >= 4 is 5.91 Å². The van der Waals surface area contributed by atoms with Crippen LogP contribution in [-0.2, 0) is 19.4 Å². The summed E-state index contributed by atoms with van der Waals surface area (Å²) in [6.07, 6.45) is 6.03. The van der Waals surface area contributed by atoms with Gasteiger partial charge in [0.1, 0.15) is 0 Å². The Morgan fingerprint density at radius 1 is 1.23 bits per heavy atom. The summed E-state index contributed by atoms with van der Waals surface area (Å²) in [4.78, 5) is 17.1. The van der Waals surface area contributed by atoms with E-state index in [1.54, 1.807) is 13.2 Å². The van der Waals surface area contributed by atoms with Crippen LogP contribution in [0.5, 0.6) is 5.88 Å². The number of aromatic nitrogens is 1. The van der Waals surface area contributed by atoms with E-state index >= 15 is 0 Å². The highest BCUT2D eigenvalue weighted by atomic mass is 16.5. The fourth-order valence-corrected chi connectivity index (χ4v) is 2.91. The van der Waals surface area contributed by atoms with E-state index in [0.717, 1.165) is 35.2 Å². The first kappa shape index (κ1) is 19.4. The normalized spacial score (nSPS) is 10.2. The van der Waals surface area contributed by atoms with Crippen LogP contribution in [0.1, 0.15) is 39.2 Å². The molecular formula is C22H26N2O2. The number of carbonyl (C=O) groups excluding carboxylic acids is 1. The first-order valence-electron chi connectivity index (χ1n) is 8.72. The van der Waals surface area contributed by atoms with E-state index in [-0.39, 0.29) is 5.91 Å². The van der Waals surface area contributed by atoms with E-state index < -0.39 is 0 Å². The molecule has 1 aromatic heterocycles. The lowest BCUT2D eigenvalue weighted by molar-refractivity contribution is 0.0949. The molecule has 4 heteroatoms. The summed E-state index contributed by atoms with van der Waals surface area (Å²) < 4.78 is 5.45. The number of hydrogen-bond donors (Lipinski definition) is 1. The summed E-state index contributed by atoms with van der Waals surface area (Å²) in [5, 5.41) is 3.01. The van der Waals surface area contributed by atoms with Gasteiger partial charge in [-0.05, 0) is 49.4 Å². The maximum absolute atomic E-state index is 12.7. The second-order valence-corrected chi connectivity index (χ2v) is 6.07. The van der Waals surface area contributed by atoms with Crippen LogP contribution >= 0.6 is 0 Å². The van der Waals surface area contributed by atoms with Gasteiger partial charge in [0.2, 0.25) is 5.88 Å². The van der Waals surface area contributed by atoms with E-state index in [0.29, 0.717) is 24.4 Å². The van der Waals surface area contributed by atoms with Crippen molar-refractivity contribution in [3.8, 4) is 5.88 Å². The fraction of sp³-hybridized carbons (Fsp3) is 0.273. The SMILES string of the molecule is C=CCCc1cc(C)nc(OC)c1CNC(=O)c1ccccc1CC=C. The summed E-state index contributed by atoms with van der Waals surface area (Å²) in [5.41, 5.74) is 4.55. The standard InChI is InChI=1S/C22H26N2O2/c1-5-7-11-18-14-16(3)24-22(26-4)20(18)15-23-21(25)19-13-9-8-12-17(19)10-6-2/h5-6,8-9,12-14H,1-2,7,10-11,15H2,3-4H3,(H,23,25). The molecule has 136 valence electrons. The van der Waals surface area contributed by atoms with Crippen molar-refractivity contribution in [3.63, 3.8) is 0 Å². The van der Waals surface area contributed by atoms with Crippen LogP contribution in [0.15, 0.2) is 55.6 Å². The number of ether oxygens (including phenoxy) is 1. The van der Waals surface area contributed by atoms with Crippen LogP contribution in [-0.4, -0.2) is 18.0 Å². The minimum absolute atomic E-state index is 0.111. The average molecular weight is 350 g/mol. The summed E-state index contributed by atoms with van der Waals surface area (Å²) in [6, 6.07) is 9.61. The second-order valence-electron chi connectivity index (χ2n) is 6.07. The molecule has 4 nitrogen and oxygen atoms in total. The van der Waals surface area contributed by atoms with Crippen LogP contribution < -0.4 is 10.1 Å². The molecule has 1 amide bonds. The van der Waals surface area contributed by atoms with Gasteiger partial charge in [-0.3, -0.25) is 4.79 Å². The Labute approximate surface area is 155 Å². The quantitative estimate of drug-likeness (QED) is 0.690. The second kappa shape index (κ2) is 9.56. The van der Waals surface area contributed by atoms with Crippen molar-refractivity contribution in [1.29, 1.82) is 0 Å². The molecule has 0 saturated heterocycles. The number of hydrogen-bond acceptors (Lipinski definition) is 3. The van der Waals surface area contributed by atoms with Crippen LogP contribution in [0, 0.1) is 6.92 Å². The zero-order chi connectivity index (χ0) is 18.9. The first-order chi connectivity index (χ1) is 12.6. The van der Waals surface area contributed by atoms with Crippen molar-refractivity contribution in [3.05, 3.63) is 83.6 Å². The van der Waals surface area contributed by atoms with Gasteiger partial charge < -0.3 is 10.1 Å². The zero-order valence-corrected chi connectivity index (χ0v) is 15.5. The summed E-state index contributed by atoms with van der Waals surface area (Å²) in [5.74, 6) is 0.448. The summed E-state index contributed by atoms with van der Waals surface area (Å²) in [7, 11) is 1.60. The van der Waals surface area contributed by atoms with E-state index in [1.807, 2.05) is 43.3 Å². The van der Waals surface area contributed by atoms with Crippen LogP contribution in [0.4, 0.5) is 0 Å². The molecule has 0 atom stereocenters. The molecule has 0 radical (unpaired) electrons. The molecule has 0 aliphatic rings. The van der Waals surface area contributed by atoms with Crippen LogP contribution in [0.3, 0.4) is 0 Å². The number of aryl methyl sites for hydroxylation is 2. The molecule has 1 heterocycles. The topological polar surface area (TPSA) is 51.2 Å². The maximum atomic E-state index is 12.7. The lowest BCUT2D eigenvalue weighted by Gasteiger charge is -2.15. The molecule has 26 heavy (non-hydrogen) atoms. The third-order valence-electron chi connectivity index (χ3n) is 4.17. The Bertz CT molecular complexity index is 797.